The molecule has 0 saturated heterocycles. The van der Waals surface area contributed by atoms with Crippen LogP contribution in [-0.4, -0.2) is 25.6 Å². The summed E-state index contributed by atoms with van der Waals surface area (Å²) in [5.74, 6) is 0.341. The molecule has 0 amide bonds. The fourth-order valence-corrected chi connectivity index (χ4v) is 9.24. The molecule has 0 spiro atoms. The van der Waals surface area contributed by atoms with E-state index >= 15 is 0 Å². The predicted octanol–water partition coefficient (Wildman–Crippen LogP) is 3.14. The van der Waals surface area contributed by atoms with Crippen LogP contribution in [0.25, 0.3) is 0 Å². The van der Waals surface area contributed by atoms with Crippen molar-refractivity contribution in [2.75, 3.05) is 0 Å². The molecule has 5 rings (SSSR count). The zero-order valence-electron chi connectivity index (χ0n) is 16.4. The van der Waals surface area contributed by atoms with Gasteiger partial charge in [-0.3, -0.25) is 0 Å². The molecule has 0 bridgehead atoms. The Morgan fingerprint density at radius 1 is 0.724 bits per heavy atom. The van der Waals surface area contributed by atoms with Gasteiger partial charge in [-0.05, 0) is 34.8 Å². The molecule has 3 aromatic rings. The first kappa shape index (κ1) is 18.6. The van der Waals surface area contributed by atoms with Crippen LogP contribution in [0.15, 0.2) is 103 Å². The highest BCUT2D eigenvalue weighted by molar-refractivity contribution is 7.07. The summed E-state index contributed by atoms with van der Waals surface area (Å²) in [5.41, 5.74) is 1.39. The molecule has 3 aromatic carbocycles. The number of fused-ring (bicyclic) bond motifs is 1. The van der Waals surface area contributed by atoms with Gasteiger partial charge in [-0.1, -0.05) is 103 Å². The maximum absolute atomic E-state index is 10.2. The number of aliphatic hydroxyl groups excluding tert-OH is 1. The molecular formula is C26H26O2Si. The summed E-state index contributed by atoms with van der Waals surface area (Å²) in [4.78, 5) is 0. The molecule has 3 heteroatoms. The highest BCUT2D eigenvalue weighted by Gasteiger charge is 2.47. The molecule has 1 fully saturated rings. The molecule has 29 heavy (non-hydrogen) atoms. The van der Waals surface area contributed by atoms with Gasteiger partial charge >= 0.3 is 0 Å². The van der Waals surface area contributed by atoms with E-state index in [0.717, 1.165) is 19.3 Å². The smallest absolute Gasteiger partial charge is 0.288 e. The summed E-state index contributed by atoms with van der Waals surface area (Å²) >= 11 is 0. The van der Waals surface area contributed by atoms with Gasteiger partial charge in [0.2, 0.25) is 0 Å². The SMILES string of the molecule is OC1C=C2CCC(O[Si](c3ccccc3)(c3ccccc3)c3ccccc3)C2C1. The highest BCUT2D eigenvalue weighted by atomic mass is 28.4. The molecule has 2 aliphatic carbocycles. The Balaban J connectivity index is 1.67. The first-order valence-electron chi connectivity index (χ1n) is 10.5. The third-order valence-corrected chi connectivity index (χ3v) is 10.5. The lowest BCUT2D eigenvalue weighted by atomic mass is 10.0. The summed E-state index contributed by atoms with van der Waals surface area (Å²) < 4.78 is 7.31. The van der Waals surface area contributed by atoms with Crippen LogP contribution in [-0.2, 0) is 4.43 Å². The van der Waals surface area contributed by atoms with Crippen molar-refractivity contribution in [3.8, 4) is 0 Å². The van der Waals surface area contributed by atoms with Gasteiger partial charge in [0.25, 0.3) is 8.32 Å². The number of hydrogen-bond acceptors (Lipinski definition) is 2. The molecule has 146 valence electrons. The van der Waals surface area contributed by atoms with Crippen LogP contribution in [0.3, 0.4) is 0 Å². The summed E-state index contributed by atoms with van der Waals surface area (Å²) in [5, 5.41) is 14.0. The molecule has 1 saturated carbocycles. The Bertz CT molecular complexity index is 888. The minimum Gasteiger partial charge on any atom is -0.401 e. The third kappa shape index (κ3) is 3.29. The molecule has 2 nitrogen and oxygen atoms in total. The average molecular weight is 399 g/mol. The van der Waals surface area contributed by atoms with Crippen molar-refractivity contribution in [2.45, 2.75) is 31.5 Å². The van der Waals surface area contributed by atoms with Crippen molar-refractivity contribution in [2.24, 2.45) is 5.92 Å². The van der Waals surface area contributed by atoms with Gasteiger partial charge in [0, 0.05) is 5.92 Å². The van der Waals surface area contributed by atoms with E-state index in [2.05, 4.69) is 97.1 Å². The summed E-state index contributed by atoms with van der Waals surface area (Å²) in [6, 6.07) is 32.3. The van der Waals surface area contributed by atoms with Gasteiger partial charge in [0.1, 0.15) is 0 Å². The van der Waals surface area contributed by atoms with E-state index in [1.807, 2.05) is 0 Å². The molecule has 0 heterocycles. The molecule has 0 radical (unpaired) electrons. The van der Waals surface area contributed by atoms with Crippen LogP contribution in [0.5, 0.6) is 0 Å². The third-order valence-electron chi connectivity index (χ3n) is 6.41. The first-order chi connectivity index (χ1) is 14.3. The van der Waals surface area contributed by atoms with Gasteiger partial charge in [-0.15, -0.1) is 0 Å². The van der Waals surface area contributed by atoms with Crippen molar-refractivity contribution in [3.05, 3.63) is 103 Å². The fraction of sp³-hybridized carbons (Fsp3) is 0.231. The molecule has 1 N–H and O–H groups in total. The predicted molar refractivity (Wildman–Crippen MR) is 120 cm³/mol. The monoisotopic (exact) mass is 398 g/mol. The van der Waals surface area contributed by atoms with Crippen LogP contribution in [0, 0.1) is 5.92 Å². The second kappa shape index (κ2) is 7.75. The van der Waals surface area contributed by atoms with Gasteiger partial charge in [-0.25, -0.2) is 0 Å². The van der Waals surface area contributed by atoms with E-state index in [-0.39, 0.29) is 12.2 Å². The Kier molecular flexibility index (Phi) is 4.96. The van der Waals surface area contributed by atoms with Gasteiger partial charge in [0.15, 0.2) is 0 Å². The van der Waals surface area contributed by atoms with Crippen molar-refractivity contribution >= 4 is 23.9 Å². The minimum atomic E-state index is -2.68. The molecule has 0 aliphatic heterocycles. The fourth-order valence-electron chi connectivity index (χ4n) is 5.11. The second-order valence-corrected chi connectivity index (χ2v) is 11.5. The second-order valence-electron chi connectivity index (χ2n) is 8.13. The summed E-state index contributed by atoms with van der Waals surface area (Å²) in [7, 11) is -2.68. The van der Waals surface area contributed by atoms with Gasteiger partial charge in [0.05, 0.1) is 12.2 Å². The molecule has 2 aliphatic rings. The van der Waals surface area contributed by atoms with E-state index in [1.165, 1.54) is 21.1 Å². The summed E-state index contributed by atoms with van der Waals surface area (Å²) in [6.45, 7) is 0. The van der Waals surface area contributed by atoms with Crippen molar-refractivity contribution < 1.29 is 9.53 Å². The van der Waals surface area contributed by atoms with Crippen LogP contribution in [0.2, 0.25) is 0 Å². The number of benzene rings is 3. The van der Waals surface area contributed by atoms with E-state index < -0.39 is 8.32 Å². The first-order valence-corrected chi connectivity index (χ1v) is 12.4. The Hall–Kier alpha value is -2.46. The molecular weight excluding hydrogens is 372 g/mol. The van der Waals surface area contributed by atoms with E-state index in [4.69, 9.17) is 4.43 Å². The largest absolute Gasteiger partial charge is 0.401 e. The maximum atomic E-state index is 10.2. The lowest BCUT2D eigenvalue weighted by molar-refractivity contribution is 0.135. The molecule has 3 atom stereocenters. The summed E-state index contributed by atoms with van der Waals surface area (Å²) in [6.07, 6.45) is 4.75. The van der Waals surface area contributed by atoms with Gasteiger partial charge < -0.3 is 9.53 Å². The lowest BCUT2D eigenvalue weighted by Crippen LogP contribution is -2.70. The maximum Gasteiger partial charge on any atom is 0.288 e. The number of hydrogen-bond donors (Lipinski definition) is 1. The van der Waals surface area contributed by atoms with Crippen LogP contribution in [0.4, 0.5) is 0 Å². The van der Waals surface area contributed by atoms with Crippen molar-refractivity contribution in [1.29, 1.82) is 0 Å². The standard InChI is InChI=1S/C26H26O2Si/c27-21-18-20-16-17-26(25(20)19-21)28-29(22-10-4-1-5-11-22,23-12-6-2-7-13-23)24-14-8-3-9-15-24/h1-15,18,21,25-27H,16-17,19H2. The van der Waals surface area contributed by atoms with Gasteiger partial charge in [-0.2, -0.15) is 0 Å². The quantitative estimate of drug-likeness (QED) is 0.406. The normalized spacial score (nSPS) is 23.6. The number of aliphatic hydroxyl groups is 1. The van der Waals surface area contributed by atoms with Crippen molar-refractivity contribution in [1.82, 2.24) is 0 Å². The zero-order valence-corrected chi connectivity index (χ0v) is 17.4. The van der Waals surface area contributed by atoms with E-state index in [9.17, 15) is 5.11 Å². The van der Waals surface area contributed by atoms with E-state index in [0.29, 0.717) is 5.92 Å². The molecule has 3 unspecified atom stereocenters. The highest BCUT2D eigenvalue weighted by Crippen LogP contribution is 2.42. The Morgan fingerprint density at radius 2 is 1.21 bits per heavy atom. The van der Waals surface area contributed by atoms with Crippen LogP contribution < -0.4 is 15.6 Å². The van der Waals surface area contributed by atoms with Crippen LogP contribution in [0.1, 0.15) is 19.3 Å². The zero-order chi connectivity index (χ0) is 19.7. The Labute approximate surface area is 173 Å². The molecule has 0 aromatic heterocycles. The van der Waals surface area contributed by atoms with E-state index in [1.54, 1.807) is 0 Å². The van der Waals surface area contributed by atoms with Crippen molar-refractivity contribution in [3.63, 3.8) is 0 Å². The topological polar surface area (TPSA) is 29.5 Å². The average Bonchev–Trinajstić information content (AvgIpc) is 3.33. The Morgan fingerprint density at radius 3 is 1.69 bits per heavy atom. The lowest BCUT2D eigenvalue weighted by Gasteiger charge is -2.37. The van der Waals surface area contributed by atoms with Crippen LogP contribution >= 0.6 is 0 Å². The number of rotatable bonds is 5. The minimum absolute atomic E-state index is 0.144.